The Morgan fingerprint density at radius 1 is 1.37 bits per heavy atom. The molecule has 0 spiro atoms. The molecule has 0 saturated carbocycles. The molecule has 0 aromatic carbocycles. The van der Waals surface area contributed by atoms with Gasteiger partial charge in [0.1, 0.15) is 5.01 Å². The second kappa shape index (κ2) is 6.45. The van der Waals surface area contributed by atoms with Gasteiger partial charge in [-0.3, -0.25) is 4.90 Å². The Morgan fingerprint density at radius 2 is 2.05 bits per heavy atom. The molecule has 19 heavy (non-hydrogen) atoms. The van der Waals surface area contributed by atoms with Crippen molar-refractivity contribution in [1.29, 1.82) is 0 Å². The van der Waals surface area contributed by atoms with Gasteiger partial charge in [-0.25, -0.2) is 15.0 Å². The van der Waals surface area contributed by atoms with E-state index in [9.17, 15) is 0 Å². The van der Waals surface area contributed by atoms with Crippen LogP contribution in [-0.2, 0) is 6.54 Å². The quantitative estimate of drug-likeness (QED) is 0.626. The largest absolute Gasteiger partial charge is 0.293 e. The summed E-state index contributed by atoms with van der Waals surface area (Å²) in [6.07, 6.45) is 5.78. The van der Waals surface area contributed by atoms with Gasteiger partial charge in [-0.2, -0.15) is 0 Å². The number of thiazole rings is 1. The number of thioether (sulfide) groups is 1. The third kappa shape index (κ3) is 3.75. The van der Waals surface area contributed by atoms with E-state index < -0.39 is 0 Å². The highest BCUT2D eigenvalue weighted by Gasteiger charge is 2.15. The molecule has 2 aromatic rings. The average Bonchev–Trinajstić information content (AvgIpc) is 2.85. The van der Waals surface area contributed by atoms with Crippen LogP contribution < -0.4 is 0 Å². The molecule has 1 atom stereocenters. The van der Waals surface area contributed by atoms with Gasteiger partial charge in [-0.05, 0) is 27.2 Å². The summed E-state index contributed by atoms with van der Waals surface area (Å²) in [7, 11) is 2.10. The standard InChI is InChI=1S/C13H18N4S2/c1-9-8-19-12(16-9)10(2)17(3)7-11-5-14-13(18-4)15-6-11/h5-6,8,10H,7H2,1-4H3/t10-/m0/s1. The van der Waals surface area contributed by atoms with Crippen molar-refractivity contribution in [2.45, 2.75) is 31.6 Å². The molecule has 0 aliphatic carbocycles. The van der Waals surface area contributed by atoms with E-state index in [-0.39, 0.29) is 0 Å². The fourth-order valence-electron chi connectivity index (χ4n) is 1.71. The molecule has 0 saturated heterocycles. The van der Waals surface area contributed by atoms with Gasteiger partial charge in [0.15, 0.2) is 5.16 Å². The minimum absolute atomic E-state index is 0.305. The monoisotopic (exact) mass is 294 g/mol. The van der Waals surface area contributed by atoms with Crippen LogP contribution >= 0.6 is 23.1 Å². The van der Waals surface area contributed by atoms with Gasteiger partial charge in [-0.1, -0.05) is 11.8 Å². The van der Waals surface area contributed by atoms with Crippen LogP contribution in [0.4, 0.5) is 0 Å². The molecule has 4 nitrogen and oxygen atoms in total. The fraction of sp³-hybridized carbons (Fsp3) is 0.462. The number of aryl methyl sites for hydroxylation is 1. The van der Waals surface area contributed by atoms with E-state index in [4.69, 9.17) is 0 Å². The lowest BCUT2D eigenvalue weighted by atomic mass is 10.2. The number of aromatic nitrogens is 3. The lowest BCUT2D eigenvalue weighted by Crippen LogP contribution is -2.22. The summed E-state index contributed by atoms with van der Waals surface area (Å²) in [5.41, 5.74) is 2.22. The van der Waals surface area contributed by atoms with E-state index in [1.807, 2.05) is 25.6 Å². The maximum Gasteiger partial charge on any atom is 0.187 e. The molecular weight excluding hydrogens is 276 g/mol. The third-order valence-corrected chi connectivity index (χ3v) is 4.66. The molecule has 0 N–H and O–H groups in total. The first kappa shape index (κ1) is 14.4. The highest BCUT2D eigenvalue weighted by molar-refractivity contribution is 7.98. The zero-order valence-electron chi connectivity index (χ0n) is 11.6. The SMILES string of the molecule is CSc1ncc(CN(C)[C@@H](C)c2nc(C)cs2)cn1. The van der Waals surface area contributed by atoms with E-state index in [1.165, 1.54) is 0 Å². The molecule has 102 valence electrons. The summed E-state index contributed by atoms with van der Waals surface area (Å²) in [5.74, 6) is 0. The van der Waals surface area contributed by atoms with Gasteiger partial charge in [0.2, 0.25) is 0 Å². The Labute approximate surface area is 122 Å². The molecule has 0 unspecified atom stereocenters. The molecule has 2 aromatic heterocycles. The fourth-order valence-corrected chi connectivity index (χ4v) is 2.94. The van der Waals surface area contributed by atoms with Crippen molar-refractivity contribution in [3.8, 4) is 0 Å². The van der Waals surface area contributed by atoms with Crippen molar-refractivity contribution in [2.24, 2.45) is 0 Å². The normalized spacial score (nSPS) is 12.9. The van der Waals surface area contributed by atoms with Crippen molar-refractivity contribution in [1.82, 2.24) is 19.9 Å². The van der Waals surface area contributed by atoms with Crippen LogP contribution in [0.3, 0.4) is 0 Å². The number of rotatable bonds is 5. The van der Waals surface area contributed by atoms with Crippen molar-refractivity contribution < 1.29 is 0 Å². The highest BCUT2D eigenvalue weighted by atomic mass is 32.2. The van der Waals surface area contributed by atoms with Crippen molar-refractivity contribution in [3.63, 3.8) is 0 Å². The Morgan fingerprint density at radius 3 is 2.58 bits per heavy atom. The van der Waals surface area contributed by atoms with Crippen LogP contribution in [0, 0.1) is 6.92 Å². The van der Waals surface area contributed by atoms with E-state index in [0.717, 1.165) is 28.0 Å². The summed E-state index contributed by atoms with van der Waals surface area (Å²) < 4.78 is 0. The van der Waals surface area contributed by atoms with Gasteiger partial charge >= 0.3 is 0 Å². The Balaban J connectivity index is 2.01. The molecule has 0 radical (unpaired) electrons. The average molecular weight is 294 g/mol. The molecular formula is C13H18N4S2. The lowest BCUT2D eigenvalue weighted by molar-refractivity contribution is 0.251. The second-order valence-corrected chi connectivity index (χ2v) is 6.16. The summed E-state index contributed by atoms with van der Waals surface area (Å²) >= 11 is 3.27. The van der Waals surface area contributed by atoms with Crippen molar-refractivity contribution in [3.05, 3.63) is 34.0 Å². The maximum atomic E-state index is 4.54. The summed E-state index contributed by atoms with van der Waals surface area (Å²) in [5, 5.41) is 4.06. The number of nitrogens with zero attached hydrogens (tertiary/aromatic N) is 4. The molecule has 0 aliphatic rings. The predicted molar refractivity (Wildman–Crippen MR) is 80.5 cm³/mol. The van der Waals surface area contributed by atoms with Gasteiger partial charge in [-0.15, -0.1) is 11.3 Å². The van der Waals surface area contributed by atoms with Crippen LogP contribution in [0.5, 0.6) is 0 Å². The first-order valence-electron chi connectivity index (χ1n) is 6.07. The predicted octanol–water partition coefficient (Wildman–Crippen LogP) is 3.16. The number of hydrogen-bond donors (Lipinski definition) is 0. The van der Waals surface area contributed by atoms with E-state index in [1.54, 1.807) is 23.1 Å². The third-order valence-electron chi connectivity index (χ3n) is 2.95. The Bertz CT molecular complexity index is 524. The van der Waals surface area contributed by atoms with E-state index in [0.29, 0.717) is 6.04 Å². The van der Waals surface area contributed by atoms with Crippen molar-refractivity contribution in [2.75, 3.05) is 13.3 Å². The summed E-state index contributed by atoms with van der Waals surface area (Å²) in [6.45, 7) is 5.03. The minimum Gasteiger partial charge on any atom is -0.293 e. The molecule has 0 amide bonds. The van der Waals surface area contributed by atoms with E-state index in [2.05, 4.69) is 39.2 Å². The topological polar surface area (TPSA) is 41.9 Å². The van der Waals surface area contributed by atoms with Crippen LogP contribution in [0.2, 0.25) is 0 Å². The molecule has 2 rings (SSSR count). The Hall–Kier alpha value is -0.980. The smallest absolute Gasteiger partial charge is 0.187 e. The zero-order chi connectivity index (χ0) is 13.8. The molecule has 0 aliphatic heterocycles. The molecule has 2 heterocycles. The number of hydrogen-bond acceptors (Lipinski definition) is 6. The van der Waals surface area contributed by atoms with Crippen LogP contribution in [0.15, 0.2) is 22.9 Å². The van der Waals surface area contributed by atoms with Crippen molar-refractivity contribution >= 4 is 23.1 Å². The Kier molecular flexibility index (Phi) is 4.90. The van der Waals surface area contributed by atoms with Crippen LogP contribution in [-0.4, -0.2) is 33.2 Å². The van der Waals surface area contributed by atoms with E-state index >= 15 is 0 Å². The summed E-state index contributed by atoms with van der Waals surface area (Å²) in [6, 6.07) is 0.305. The first-order valence-corrected chi connectivity index (χ1v) is 8.17. The van der Waals surface area contributed by atoms with Crippen LogP contribution in [0.25, 0.3) is 0 Å². The second-order valence-electron chi connectivity index (χ2n) is 4.50. The lowest BCUT2D eigenvalue weighted by Gasteiger charge is -2.22. The maximum absolute atomic E-state index is 4.54. The van der Waals surface area contributed by atoms with Crippen LogP contribution in [0.1, 0.15) is 29.2 Å². The molecule has 0 fully saturated rings. The molecule has 6 heteroatoms. The van der Waals surface area contributed by atoms with Gasteiger partial charge < -0.3 is 0 Å². The van der Waals surface area contributed by atoms with Gasteiger partial charge in [0.05, 0.1) is 6.04 Å². The molecule has 0 bridgehead atoms. The highest BCUT2D eigenvalue weighted by Crippen LogP contribution is 2.23. The first-order chi connectivity index (χ1) is 9.10. The minimum atomic E-state index is 0.305. The van der Waals surface area contributed by atoms with Gasteiger partial charge in [0, 0.05) is 35.6 Å². The zero-order valence-corrected chi connectivity index (χ0v) is 13.3. The summed E-state index contributed by atoms with van der Waals surface area (Å²) in [4.78, 5) is 15.4. The van der Waals surface area contributed by atoms with Gasteiger partial charge in [0.25, 0.3) is 0 Å².